The monoisotopic (exact) mass is 403 g/mol. The van der Waals surface area contributed by atoms with Gasteiger partial charge in [-0.2, -0.15) is 0 Å². The summed E-state index contributed by atoms with van der Waals surface area (Å²) in [5.41, 5.74) is 0.623. The molecule has 1 N–H and O–H groups in total. The van der Waals surface area contributed by atoms with Gasteiger partial charge in [0.2, 0.25) is 0 Å². The molecule has 0 fully saturated rings. The molecule has 0 bridgehead atoms. The summed E-state index contributed by atoms with van der Waals surface area (Å²) in [4.78, 5) is 42.8. The number of anilines is 2. The van der Waals surface area contributed by atoms with Crippen LogP contribution in [-0.4, -0.2) is 50.4 Å². The summed E-state index contributed by atoms with van der Waals surface area (Å²) in [5.74, 6) is -1.87. The molecule has 0 atom stereocenters. The van der Waals surface area contributed by atoms with Gasteiger partial charge >= 0.3 is 11.9 Å². The molecule has 146 valence electrons. The van der Waals surface area contributed by atoms with E-state index in [0.29, 0.717) is 10.8 Å². The SMILES string of the molecule is COC(=O)C1=C(C(=O)OC)N(c2ccccc2C(=O)Nc2nccs2)COC1. The van der Waals surface area contributed by atoms with Crippen LogP contribution in [0.2, 0.25) is 0 Å². The number of carbonyl (C=O) groups is 3. The summed E-state index contributed by atoms with van der Waals surface area (Å²) in [7, 11) is 2.41. The second-order valence-corrected chi connectivity index (χ2v) is 6.42. The standard InChI is InChI=1S/C18H17N3O6S/c1-25-16(23)12-9-27-10-21(14(12)17(24)26-2)13-6-4-3-5-11(13)15(22)20-18-19-7-8-28-18/h3-8H,9-10H2,1-2H3,(H,19,20,22). The molecular weight excluding hydrogens is 386 g/mol. The van der Waals surface area contributed by atoms with Crippen LogP contribution in [0.5, 0.6) is 0 Å². The highest BCUT2D eigenvalue weighted by atomic mass is 32.1. The lowest BCUT2D eigenvalue weighted by Gasteiger charge is -2.32. The smallest absolute Gasteiger partial charge is 0.355 e. The van der Waals surface area contributed by atoms with Gasteiger partial charge < -0.3 is 19.1 Å². The highest BCUT2D eigenvalue weighted by Gasteiger charge is 2.34. The fraction of sp³-hybridized carbons (Fsp3) is 0.222. The molecule has 2 heterocycles. The number of benzene rings is 1. The number of hydrogen-bond acceptors (Lipinski definition) is 9. The first-order valence-corrected chi connectivity index (χ1v) is 8.99. The molecule has 1 aromatic heterocycles. The Morgan fingerprint density at radius 2 is 1.93 bits per heavy atom. The number of esters is 2. The largest absolute Gasteiger partial charge is 0.466 e. The van der Waals surface area contributed by atoms with Gasteiger partial charge in [0, 0.05) is 11.6 Å². The fourth-order valence-electron chi connectivity index (χ4n) is 2.68. The van der Waals surface area contributed by atoms with Gasteiger partial charge in [0.05, 0.1) is 37.7 Å². The number of nitrogens with zero attached hydrogens (tertiary/aromatic N) is 2. The predicted molar refractivity (Wildman–Crippen MR) is 101 cm³/mol. The van der Waals surface area contributed by atoms with Gasteiger partial charge in [-0.15, -0.1) is 11.3 Å². The van der Waals surface area contributed by atoms with E-state index in [1.165, 1.54) is 30.5 Å². The quantitative estimate of drug-likeness (QED) is 0.753. The number of aromatic nitrogens is 1. The van der Waals surface area contributed by atoms with Gasteiger partial charge in [0.1, 0.15) is 12.4 Å². The lowest BCUT2D eigenvalue weighted by atomic mass is 10.1. The summed E-state index contributed by atoms with van der Waals surface area (Å²) in [6.45, 7) is -0.159. The Kier molecular flexibility index (Phi) is 6.02. The minimum atomic E-state index is -0.737. The highest BCUT2D eigenvalue weighted by molar-refractivity contribution is 7.13. The topological polar surface area (TPSA) is 107 Å². The zero-order valence-electron chi connectivity index (χ0n) is 15.1. The van der Waals surface area contributed by atoms with Gasteiger partial charge in [0.25, 0.3) is 5.91 Å². The van der Waals surface area contributed by atoms with Crippen molar-refractivity contribution in [2.75, 3.05) is 37.8 Å². The Labute approximate surface area is 164 Å². The van der Waals surface area contributed by atoms with Crippen molar-refractivity contribution < 1.29 is 28.6 Å². The van der Waals surface area contributed by atoms with Gasteiger partial charge in [0.15, 0.2) is 5.13 Å². The molecule has 1 amide bonds. The average molecular weight is 403 g/mol. The van der Waals surface area contributed by atoms with Crippen molar-refractivity contribution in [2.24, 2.45) is 0 Å². The van der Waals surface area contributed by atoms with Crippen LogP contribution in [0.15, 0.2) is 47.1 Å². The summed E-state index contributed by atoms with van der Waals surface area (Å²) >= 11 is 1.28. The number of hydrogen-bond donors (Lipinski definition) is 1. The summed E-state index contributed by atoms with van der Waals surface area (Å²) in [5, 5.41) is 4.87. The first-order chi connectivity index (χ1) is 13.6. The molecule has 0 spiro atoms. The van der Waals surface area contributed by atoms with E-state index >= 15 is 0 Å². The molecule has 0 saturated carbocycles. The molecule has 1 aliphatic heterocycles. The molecule has 10 heteroatoms. The van der Waals surface area contributed by atoms with Crippen molar-refractivity contribution in [3.8, 4) is 0 Å². The fourth-order valence-corrected chi connectivity index (χ4v) is 3.21. The second kappa shape index (κ2) is 8.63. The van der Waals surface area contributed by atoms with Gasteiger partial charge in [-0.05, 0) is 12.1 Å². The van der Waals surface area contributed by atoms with Gasteiger partial charge in [-0.3, -0.25) is 10.1 Å². The Morgan fingerprint density at radius 3 is 2.61 bits per heavy atom. The molecule has 3 rings (SSSR count). The van der Waals surface area contributed by atoms with Crippen molar-refractivity contribution in [1.29, 1.82) is 0 Å². The van der Waals surface area contributed by atoms with Gasteiger partial charge in [-0.25, -0.2) is 14.6 Å². The Bertz CT molecular complexity index is 925. The molecule has 0 unspecified atom stereocenters. The highest BCUT2D eigenvalue weighted by Crippen LogP contribution is 2.30. The van der Waals surface area contributed by atoms with Crippen molar-refractivity contribution in [3.63, 3.8) is 0 Å². The Morgan fingerprint density at radius 1 is 1.18 bits per heavy atom. The van der Waals surface area contributed by atoms with Crippen LogP contribution < -0.4 is 10.2 Å². The normalized spacial score (nSPS) is 13.9. The molecule has 1 aliphatic rings. The zero-order chi connectivity index (χ0) is 20.1. The summed E-state index contributed by atoms with van der Waals surface area (Å²) < 4.78 is 15.0. The van der Waals surface area contributed by atoms with Crippen LogP contribution in [0.25, 0.3) is 0 Å². The maximum absolute atomic E-state index is 12.8. The molecule has 0 saturated heterocycles. The van der Waals surface area contributed by atoms with Crippen LogP contribution in [0, 0.1) is 0 Å². The molecule has 1 aromatic carbocycles. The minimum absolute atomic E-state index is 0.00994. The van der Waals surface area contributed by atoms with Crippen LogP contribution in [0.3, 0.4) is 0 Å². The van der Waals surface area contributed by atoms with Crippen molar-refractivity contribution >= 4 is 40.0 Å². The maximum Gasteiger partial charge on any atom is 0.355 e. The number of carbonyl (C=O) groups excluding carboxylic acids is 3. The third-order valence-corrected chi connectivity index (χ3v) is 4.61. The van der Waals surface area contributed by atoms with Crippen LogP contribution in [0.4, 0.5) is 10.8 Å². The third kappa shape index (κ3) is 3.87. The van der Waals surface area contributed by atoms with E-state index in [9.17, 15) is 14.4 Å². The van der Waals surface area contributed by atoms with E-state index in [4.69, 9.17) is 14.2 Å². The van der Waals surface area contributed by atoms with Crippen molar-refractivity contribution in [2.45, 2.75) is 0 Å². The zero-order valence-corrected chi connectivity index (χ0v) is 15.9. The molecule has 0 radical (unpaired) electrons. The molecule has 9 nitrogen and oxygen atoms in total. The molecule has 0 aliphatic carbocycles. The van der Waals surface area contributed by atoms with E-state index in [-0.39, 0.29) is 30.2 Å². The lowest BCUT2D eigenvalue weighted by molar-refractivity contribution is -0.140. The Hall–Kier alpha value is -3.24. The number of para-hydroxylation sites is 1. The van der Waals surface area contributed by atoms with E-state index in [1.54, 1.807) is 35.8 Å². The van der Waals surface area contributed by atoms with Gasteiger partial charge in [-0.1, -0.05) is 12.1 Å². The Balaban J connectivity index is 2.05. The number of nitrogens with one attached hydrogen (secondary N) is 1. The van der Waals surface area contributed by atoms with Crippen LogP contribution in [0.1, 0.15) is 10.4 Å². The lowest BCUT2D eigenvalue weighted by Crippen LogP contribution is -2.39. The molecule has 28 heavy (non-hydrogen) atoms. The number of methoxy groups -OCH3 is 2. The first-order valence-electron chi connectivity index (χ1n) is 8.11. The number of thiazole rings is 1. The number of amides is 1. The maximum atomic E-state index is 12.8. The molecule has 2 aromatic rings. The van der Waals surface area contributed by atoms with E-state index in [1.807, 2.05) is 0 Å². The number of rotatable bonds is 5. The summed E-state index contributed by atoms with van der Waals surface area (Å²) in [6, 6.07) is 6.63. The van der Waals surface area contributed by atoms with E-state index < -0.39 is 17.8 Å². The predicted octanol–water partition coefficient (Wildman–Crippen LogP) is 1.79. The number of ether oxygens (including phenoxy) is 3. The van der Waals surface area contributed by atoms with E-state index in [0.717, 1.165) is 0 Å². The first kappa shape index (κ1) is 19.5. The summed E-state index contributed by atoms with van der Waals surface area (Å²) in [6.07, 6.45) is 1.57. The third-order valence-electron chi connectivity index (χ3n) is 3.93. The van der Waals surface area contributed by atoms with Crippen molar-refractivity contribution in [3.05, 3.63) is 52.7 Å². The van der Waals surface area contributed by atoms with Crippen LogP contribution >= 0.6 is 11.3 Å². The van der Waals surface area contributed by atoms with Crippen LogP contribution in [-0.2, 0) is 23.8 Å². The second-order valence-electron chi connectivity index (χ2n) is 5.52. The molecular formula is C18H17N3O6S. The van der Waals surface area contributed by atoms with Crippen molar-refractivity contribution in [1.82, 2.24) is 4.98 Å². The van der Waals surface area contributed by atoms with E-state index in [2.05, 4.69) is 10.3 Å². The average Bonchev–Trinajstić information content (AvgIpc) is 3.25. The minimum Gasteiger partial charge on any atom is -0.466 e.